The number of nitrogen functional groups attached to an aromatic ring is 2. The van der Waals surface area contributed by atoms with Crippen LogP contribution in [0, 0.1) is 29.1 Å². The summed E-state index contributed by atoms with van der Waals surface area (Å²) < 4.78 is 200. The SMILES string of the molecule is Nc1cc(F)c(F)c(Oc2cc(Oc3c(F)c(F)cc(N)c3C(F)(F)F)c(C(F)(F)F)cc2F)c1C(F)(F)F. The largest absolute Gasteiger partial charge is 0.453 e. The van der Waals surface area contributed by atoms with Crippen molar-refractivity contribution in [3.8, 4) is 23.0 Å². The molecule has 0 spiro atoms. The molecule has 0 aromatic heterocycles. The summed E-state index contributed by atoms with van der Waals surface area (Å²) in [5.41, 5.74) is 0.0860. The minimum Gasteiger partial charge on any atom is -0.453 e. The molecular formula is C21H8F14N2O2. The van der Waals surface area contributed by atoms with Gasteiger partial charge >= 0.3 is 18.5 Å². The molecule has 4 N–H and O–H groups in total. The maximum absolute atomic E-state index is 14.5. The Hall–Kier alpha value is -4.12. The van der Waals surface area contributed by atoms with Crippen molar-refractivity contribution in [1.82, 2.24) is 0 Å². The van der Waals surface area contributed by atoms with Crippen LogP contribution < -0.4 is 20.9 Å². The molecule has 0 amide bonds. The number of hydrogen-bond donors (Lipinski definition) is 2. The lowest BCUT2D eigenvalue weighted by Crippen LogP contribution is -2.15. The van der Waals surface area contributed by atoms with E-state index in [-0.39, 0.29) is 18.2 Å². The van der Waals surface area contributed by atoms with Crippen molar-refractivity contribution in [3.05, 3.63) is 70.0 Å². The maximum Gasteiger partial charge on any atom is 0.422 e. The van der Waals surface area contributed by atoms with Gasteiger partial charge in [0.1, 0.15) is 22.4 Å². The van der Waals surface area contributed by atoms with Crippen LogP contribution in [-0.2, 0) is 18.5 Å². The van der Waals surface area contributed by atoms with E-state index in [4.69, 9.17) is 11.5 Å². The second-order valence-electron chi connectivity index (χ2n) is 7.41. The second-order valence-corrected chi connectivity index (χ2v) is 7.41. The first-order chi connectivity index (χ1) is 17.6. The molecule has 18 heteroatoms. The highest BCUT2D eigenvalue weighted by molar-refractivity contribution is 5.60. The van der Waals surface area contributed by atoms with Crippen molar-refractivity contribution in [2.24, 2.45) is 0 Å². The van der Waals surface area contributed by atoms with E-state index in [0.717, 1.165) is 0 Å². The third-order valence-electron chi connectivity index (χ3n) is 4.74. The summed E-state index contributed by atoms with van der Waals surface area (Å²) in [6.45, 7) is 0. The minimum atomic E-state index is -5.70. The molecule has 3 aromatic rings. The molecule has 0 saturated carbocycles. The van der Waals surface area contributed by atoms with Crippen molar-refractivity contribution in [2.45, 2.75) is 18.5 Å². The summed E-state index contributed by atoms with van der Waals surface area (Å²) in [4.78, 5) is 0. The molecule has 0 saturated heterocycles. The molecule has 0 aliphatic carbocycles. The molecule has 0 fully saturated rings. The number of ether oxygens (including phenoxy) is 2. The number of benzene rings is 3. The van der Waals surface area contributed by atoms with Gasteiger partial charge in [0.2, 0.25) is 11.6 Å². The van der Waals surface area contributed by atoms with Gasteiger partial charge in [0, 0.05) is 18.2 Å². The lowest BCUT2D eigenvalue weighted by atomic mass is 10.1. The Morgan fingerprint density at radius 3 is 1.23 bits per heavy atom. The Kier molecular flexibility index (Phi) is 7.22. The number of anilines is 2. The summed E-state index contributed by atoms with van der Waals surface area (Å²) in [6, 6.07) is -1.27. The Labute approximate surface area is 206 Å². The maximum atomic E-state index is 14.5. The standard InChI is InChI=1S/C21H8F14N2O2/c22-6-1-5(19(27,28)29)11(38-17-13(20(30,31)32)9(36)2-7(23)15(17)25)4-12(6)39-18-14(21(33,34)35)10(37)3-8(24)16(18)26/h1-4H,36-37H2. The van der Waals surface area contributed by atoms with E-state index in [1.54, 1.807) is 0 Å². The first-order valence-corrected chi connectivity index (χ1v) is 9.60. The average Bonchev–Trinajstić information content (AvgIpc) is 2.74. The summed E-state index contributed by atoms with van der Waals surface area (Å²) in [7, 11) is 0. The number of halogens is 14. The molecule has 4 nitrogen and oxygen atoms in total. The predicted octanol–water partition coefficient (Wildman–Crippen LogP) is 8.19. The quantitative estimate of drug-likeness (QED) is 0.239. The summed E-state index contributed by atoms with van der Waals surface area (Å²) in [6.07, 6.45) is -17.0. The van der Waals surface area contributed by atoms with Crippen LogP contribution in [0.25, 0.3) is 0 Å². The zero-order chi connectivity index (χ0) is 29.8. The smallest absolute Gasteiger partial charge is 0.422 e. The van der Waals surface area contributed by atoms with Crippen LogP contribution in [0.2, 0.25) is 0 Å². The van der Waals surface area contributed by atoms with Crippen LogP contribution in [0.15, 0.2) is 24.3 Å². The van der Waals surface area contributed by atoms with Crippen LogP contribution in [0.5, 0.6) is 23.0 Å². The lowest BCUT2D eigenvalue weighted by Gasteiger charge is -2.21. The number of rotatable bonds is 4. The fourth-order valence-electron chi connectivity index (χ4n) is 3.16. The molecule has 3 rings (SSSR count). The topological polar surface area (TPSA) is 70.5 Å². The number of hydrogen-bond acceptors (Lipinski definition) is 4. The molecule has 0 heterocycles. The highest BCUT2D eigenvalue weighted by Crippen LogP contribution is 2.49. The van der Waals surface area contributed by atoms with E-state index in [9.17, 15) is 61.5 Å². The van der Waals surface area contributed by atoms with Crippen LogP contribution >= 0.6 is 0 Å². The van der Waals surface area contributed by atoms with Gasteiger partial charge in [-0.25, -0.2) is 13.2 Å². The molecule has 0 aliphatic rings. The first-order valence-electron chi connectivity index (χ1n) is 9.60. The minimum absolute atomic E-state index is 0.140. The predicted molar refractivity (Wildman–Crippen MR) is 103 cm³/mol. The fraction of sp³-hybridized carbons (Fsp3) is 0.143. The lowest BCUT2D eigenvalue weighted by molar-refractivity contribution is -0.140. The third-order valence-corrected chi connectivity index (χ3v) is 4.74. The molecular weight excluding hydrogens is 578 g/mol. The van der Waals surface area contributed by atoms with Crippen molar-refractivity contribution >= 4 is 11.4 Å². The van der Waals surface area contributed by atoms with E-state index in [0.29, 0.717) is 0 Å². The van der Waals surface area contributed by atoms with E-state index in [2.05, 4.69) is 9.47 Å². The van der Waals surface area contributed by atoms with Crippen molar-refractivity contribution in [2.75, 3.05) is 11.5 Å². The van der Waals surface area contributed by atoms with E-state index >= 15 is 0 Å². The highest BCUT2D eigenvalue weighted by Gasteiger charge is 2.43. The number of nitrogens with two attached hydrogens (primary N) is 2. The van der Waals surface area contributed by atoms with Crippen LogP contribution in [0.3, 0.4) is 0 Å². The first kappa shape index (κ1) is 29.4. The van der Waals surface area contributed by atoms with Crippen molar-refractivity contribution < 1.29 is 70.9 Å². The van der Waals surface area contributed by atoms with Gasteiger partial charge in [-0.05, 0) is 6.07 Å². The molecule has 0 atom stereocenters. The number of alkyl halides is 9. The normalized spacial score (nSPS) is 12.6. The monoisotopic (exact) mass is 586 g/mol. The zero-order valence-corrected chi connectivity index (χ0v) is 18.1. The van der Waals surface area contributed by atoms with E-state index in [1.807, 2.05) is 0 Å². The molecule has 0 radical (unpaired) electrons. The van der Waals surface area contributed by atoms with E-state index in [1.165, 1.54) is 0 Å². The van der Waals surface area contributed by atoms with Gasteiger partial charge in [-0.1, -0.05) is 0 Å². The van der Waals surface area contributed by atoms with Gasteiger partial charge < -0.3 is 20.9 Å². The van der Waals surface area contributed by atoms with Gasteiger partial charge in [-0.2, -0.15) is 48.3 Å². The van der Waals surface area contributed by atoms with Crippen LogP contribution in [0.4, 0.5) is 72.8 Å². The van der Waals surface area contributed by atoms with E-state index < -0.39 is 105 Å². The van der Waals surface area contributed by atoms with Gasteiger partial charge in [-0.15, -0.1) is 0 Å². The zero-order valence-electron chi connectivity index (χ0n) is 18.1. The highest BCUT2D eigenvalue weighted by atomic mass is 19.4. The van der Waals surface area contributed by atoms with Crippen LogP contribution in [0.1, 0.15) is 16.7 Å². The molecule has 0 aliphatic heterocycles. The second kappa shape index (κ2) is 9.57. The molecule has 0 unspecified atom stereocenters. The van der Waals surface area contributed by atoms with Gasteiger partial charge in [0.25, 0.3) is 0 Å². The Bertz CT molecular complexity index is 1450. The van der Waals surface area contributed by atoms with Gasteiger partial charge in [-0.3, -0.25) is 0 Å². The molecule has 0 bridgehead atoms. The summed E-state index contributed by atoms with van der Waals surface area (Å²) in [5, 5.41) is 0. The molecule has 3 aromatic carbocycles. The van der Waals surface area contributed by atoms with Gasteiger partial charge in [0.15, 0.2) is 34.7 Å². The third kappa shape index (κ3) is 5.68. The van der Waals surface area contributed by atoms with Crippen molar-refractivity contribution in [3.63, 3.8) is 0 Å². The summed E-state index contributed by atoms with van der Waals surface area (Å²) >= 11 is 0. The molecule has 212 valence electrons. The van der Waals surface area contributed by atoms with Gasteiger partial charge in [0.05, 0.1) is 11.4 Å². The Balaban J connectivity index is 2.31. The average molecular weight is 586 g/mol. The van der Waals surface area contributed by atoms with Crippen LogP contribution in [-0.4, -0.2) is 0 Å². The fourth-order valence-corrected chi connectivity index (χ4v) is 3.16. The molecule has 39 heavy (non-hydrogen) atoms. The Morgan fingerprint density at radius 1 is 0.487 bits per heavy atom. The Morgan fingerprint density at radius 2 is 0.872 bits per heavy atom. The van der Waals surface area contributed by atoms with Crippen molar-refractivity contribution in [1.29, 1.82) is 0 Å². The summed E-state index contributed by atoms with van der Waals surface area (Å²) in [5.74, 6) is -19.7.